The Bertz CT molecular complexity index is 399. The lowest BCUT2D eigenvalue weighted by atomic mass is 10.1. The van der Waals surface area contributed by atoms with Crippen molar-refractivity contribution in [3.63, 3.8) is 0 Å². The smallest absolute Gasteiger partial charge is 0.175 e. The van der Waals surface area contributed by atoms with Gasteiger partial charge in [0.05, 0.1) is 10.9 Å². The van der Waals surface area contributed by atoms with Crippen LogP contribution in [-0.2, 0) is 9.84 Å². The van der Waals surface area contributed by atoms with Gasteiger partial charge in [0.1, 0.15) is 6.67 Å². The predicted octanol–water partition coefficient (Wildman–Crippen LogP) is 1.06. The van der Waals surface area contributed by atoms with Gasteiger partial charge < -0.3 is 5.73 Å². The van der Waals surface area contributed by atoms with E-state index in [1.165, 1.54) is 24.3 Å². The number of hydrogen-bond acceptors (Lipinski definition) is 3. The fraction of sp³-hybridized carbons (Fsp3) is 0.333. The molecular weight excluding hydrogens is 205 g/mol. The van der Waals surface area contributed by atoms with Crippen molar-refractivity contribution in [3.05, 3.63) is 29.8 Å². The number of hydrogen-bond donors (Lipinski definition) is 1. The molecule has 0 fully saturated rings. The van der Waals surface area contributed by atoms with Crippen LogP contribution >= 0.6 is 0 Å². The molecule has 1 atom stereocenters. The van der Waals surface area contributed by atoms with Crippen molar-refractivity contribution in [2.24, 2.45) is 5.73 Å². The number of alkyl halides is 1. The molecule has 0 aromatic heterocycles. The van der Waals surface area contributed by atoms with Crippen molar-refractivity contribution in [2.75, 3.05) is 12.9 Å². The van der Waals surface area contributed by atoms with Crippen LogP contribution in [0.3, 0.4) is 0 Å². The lowest BCUT2D eigenvalue weighted by Crippen LogP contribution is -2.12. The molecule has 14 heavy (non-hydrogen) atoms. The molecule has 1 unspecified atom stereocenters. The fourth-order valence-corrected chi connectivity index (χ4v) is 1.68. The molecule has 0 amide bonds. The van der Waals surface area contributed by atoms with Crippen LogP contribution in [0.2, 0.25) is 0 Å². The number of sulfone groups is 1. The molecule has 0 spiro atoms. The average Bonchev–Trinajstić information content (AvgIpc) is 2.15. The molecule has 0 saturated heterocycles. The number of halogens is 1. The van der Waals surface area contributed by atoms with E-state index in [1.807, 2.05) is 0 Å². The summed E-state index contributed by atoms with van der Waals surface area (Å²) in [5, 5.41) is 0. The zero-order valence-corrected chi connectivity index (χ0v) is 8.59. The minimum Gasteiger partial charge on any atom is -0.322 e. The van der Waals surface area contributed by atoms with Crippen LogP contribution < -0.4 is 5.73 Å². The van der Waals surface area contributed by atoms with Gasteiger partial charge in [-0.3, -0.25) is 0 Å². The first-order chi connectivity index (χ1) is 6.45. The Kier molecular flexibility index (Phi) is 3.23. The molecule has 78 valence electrons. The Morgan fingerprint density at radius 2 is 1.86 bits per heavy atom. The molecule has 1 aromatic rings. The van der Waals surface area contributed by atoms with E-state index in [2.05, 4.69) is 0 Å². The molecule has 3 nitrogen and oxygen atoms in total. The van der Waals surface area contributed by atoms with Crippen LogP contribution in [-0.4, -0.2) is 21.3 Å². The van der Waals surface area contributed by atoms with Gasteiger partial charge in [0.25, 0.3) is 0 Å². The zero-order chi connectivity index (χ0) is 10.8. The zero-order valence-electron chi connectivity index (χ0n) is 7.77. The van der Waals surface area contributed by atoms with Crippen LogP contribution in [0.4, 0.5) is 4.39 Å². The molecule has 1 aromatic carbocycles. The molecule has 0 radical (unpaired) electrons. The van der Waals surface area contributed by atoms with Crippen molar-refractivity contribution in [1.82, 2.24) is 0 Å². The first kappa shape index (κ1) is 11.1. The molecule has 0 heterocycles. The van der Waals surface area contributed by atoms with Gasteiger partial charge in [0, 0.05) is 6.26 Å². The fourth-order valence-electron chi connectivity index (χ4n) is 1.05. The van der Waals surface area contributed by atoms with Crippen molar-refractivity contribution in [1.29, 1.82) is 0 Å². The van der Waals surface area contributed by atoms with Gasteiger partial charge in [-0.1, -0.05) is 12.1 Å². The van der Waals surface area contributed by atoms with E-state index in [4.69, 9.17) is 5.73 Å². The molecule has 1 rings (SSSR count). The van der Waals surface area contributed by atoms with Crippen LogP contribution in [0.25, 0.3) is 0 Å². The molecule has 0 aliphatic rings. The second-order valence-corrected chi connectivity index (χ2v) is 5.12. The van der Waals surface area contributed by atoms with E-state index in [0.29, 0.717) is 5.56 Å². The summed E-state index contributed by atoms with van der Waals surface area (Å²) in [4.78, 5) is 0.215. The molecule has 5 heteroatoms. The standard InChI is InChI=1S/C9H12FNO2S/c1-14(12,13)8-4-2-7(3-5-8)9(11)6-10/h2-5,9H,6,11H2,1H3. The first-order valence-corrected chi connectivity index (χ1v) is 5.96. The van der Waals surface area contributed by atoms with E-state index in [-0.39, 0.29) is 4.90 Å². The highest BCUT2D eigenvalue weighted by molar-refractivity contribution is 7.90. The summed E-state index contributed by atoms with van der Waals surface area (Å²) in [5.41, 5.74) is 6.03. The SMILES string of the molecule is CS(=O)(=O)c1ccc(C(N)CF)cc1. The number of benzene rings is 1. The molecule has 0 bridgehead atoms. The van der Waals surface area contributed by atoms with E-state index in [0.717, 1.165) is 6.26 Å². The van der Waals surface area contributed by atoms with Crippen molar-refractivity contribution in [2.45, 2.75) is 10.9 Å². The summed E-state index contributed by atoms with van der Waals surface area (Å²) in [6.07, 6.45) is 1.12. The van der Waals surface area contributed by atoms with E-state index < -0.39 is 22.6 Å². The Morgan fingerprint density at radius 3 is 2.21 bits per heavy atom. The van der Waals surface area contributed by atoms with Crippen LogP contribution in [0, 0.1) is 0 Å². The summed E-state index contributed by atoms with van der Waals surface area (Å²) < 4.78 is 34.3. The van der Waals surface area contributed by atoms with Gasteiger partial charge >= 0.3 is 0 Å². The van der Waals surface area contributed by atoms with E-state index in [9.17, 15) is 12.8 Å². The summed E-state index contributed by atoms with van der Waals surface area (Å²) in [6, 6.07) is 5.24. The summed E-state index contributed by atoms with van der Waals surface area (Å²) in [6.45, 7) is -0.655. The Balaban J connectivity index is 3.01. The lowest BCUT2D eigenvalue weighted by Gasteiger charge is -2.07. The maximum absolute atomic E-state index is 12.2. The van der Waals surface area contributed by atoms with Crippen molar-refractivity contribution < 1.29 is 12.8 Å². The normalized spacial score (nSPS) is 13.9. The Labute approximate surface area is 82.7 Å². The third-order valence-corrected chi connectivity index (χ3v) is 3.03. The molecule has 0 aliphatic heterocycles. The number of rotatable bonds is 3. The van der Waals surface area contributed by atoms with Crippen LogP contribution in [0.5, 0.6) is 0 Å². The Morgan fingerprint density at radius 1 is 1.36 bits per heavy atom. The molecule has 0 aliphatic carbocycles. The van der Waals surface area contributed by atoms with Gasteiger partial charge in [-0.2, -0.15) is 0 Å². The number of nitrogens with two attached hydrogens (primary N) is 1. The van der Waals surface area contributed by atoms with E-state index in [1.54, 1.807) is 0 Å². The monoisotopic (exact) mass is 217 g/mol. The summed E-state index contributed by atoms with van der Waals surface area (Å²) in [5.74, 6) is 0. The summed E-state index contributed by atoms with van der Waals surface area (Å²) >= 11 is 0. The predicted molar refractivity (Wildman–Crippen MR) is 52.5 cm³/mol. The van der Waals surface area contributed by atoms with Crippen LogP contribution in [0.15, 0.2) is 29.2 Å². The molecule has 2 N–H and O–H groups in total. The lowest BCUT2D eigenvalue weighted by molar-refractivity contribution is 0.437. The highest BCUT2D eigenvalue weighted by atomic mass is 32.2. The van der Waals surface area contributed by atoms with Gasteiger partial charge in [-0.05, 0) is 17.7 Å². The third kappa shape index (κ3) is 2.52. The topological polar surface area (TPSA) is 60.2 Å². The minimum atomic E-state index is -3.19. The van der Waals surface area contributed by atoms with Gasteiger partial charge in [-0.25, -0.2) is 12.8 Å². The maximum atomic E-state index is 12.2. The molecule has 0 saturated carbocycles. The minimum absolute atomic E-state index is 0.215. The van der Waals surface area contributed by atoms with Crippen LogP contribution in [0.1, 0.15) is 11.6 Å². The molecular formula is C9H12FNO2S. The van der Waals surface area contributed by atoms with Gasteiger partial charge in [-0.15, -0.1) is 0 Å². The highest BCUT2D eigenvalue weighted by Gasteiger charge is 2.09. The average molecular weight is 217 g/mol. The Hall–Kier alpha value is -0.940. The van der Waals surface area contributed by atoms with Crippen molar-refractivity contribution in [3.8, 4) is 0 Å². The highest BCUT2D eigenvalue weighted by Crippen LogP contribution is 2.14. The second-order valence-electron chi connectivity index (χ2n) is 3.10. The van der Waals surface area contributed by atoms with E-state index >= 15 is 0 Å². The van der Waals surface area contributed by atoms with Gasteiger partial charge in [0.2, 0.25) is 0 Å². The van der Waals surface area contributed by atoms with Gasteiger partial charge in [0.15, 0.2) is 9.84 Å². The largest absolute Gasteiger partial charge is 0.322 e. The maximum Gasteiger partial charge on any atom is 0.175 e. The third-order valence-electron chi connectivity index (χ3n) is 1.90. The van der Waals surface area contributed by atoms with Crippen molar-refractivity contribution >= 4 is 9.84 Å². The first-order valence-electron chi connectivity index (χ1n) is 4.06. The summed E-state index contributed by atoms with van der Waals surface area (Å²) in [7, 11) is -3.19. The quantitative estimate of drug-likeness (QED) is 0.823. The second kappa shape index (κ2) is 4.06.